The zero-order valence-corrected chi connectivity index (χ0v) is 33.0. The standard InChI is InChI=1S/C40H76NO8P/c1-3-5-7-9-11-13-15-17-19-21-23-25-27-29-31-33-40(43)49-38(37-48-50(44,45)47-35-34-41)36-46-39(42)32-30-28-26-24-22-20-18-16-14-12-10-8-6-4-2/h16-19,38H,3-15,20-37,41H2,1-2H3,(H,44,45)/b18-16-,19-17-. The van der Waals surface area contributed by atoms with Crippen LogP contribution in [0.4, 0.5) is 0 Å². The van der Waals surface area contributed by atoms with Gasteiger partial charge in [-0.05, 0) is 64.2 Å². The van der Waals surface area contributed by atoms with Crippen molar-refractivity contribution in [3.05, 3.63) is 24.3 Å². The number of nitrogens with two attached hydrogens (primary N) is 1. The van der Waals surface area contributed by atoms with E-state index in [9.17, 15) is 19.0 Å². The molecule has 0 aromatic rings. The van der Waals surface area contributed by atoms with Crippen LogP contribution >= 0.6 is 7.82 Å². The van der Waals surface area contributed by atoms with Crippen LogP contribution in [-0.4, -0.2) is 49.3 Å². The second-order valence-corrected chi connectivity index (χ2v) is 14.9. The molecule has 0 aliphatic rings. The highest BCUT2D eigenvalue weighted by molar-refractivity contribution is 7.47. The molecule has 0 saturated heterocycles. The molecule has 0 aliphatic heterocycles. The fourth-order valence-electron chi connectivity index (χ4n) is 5.51. The molecule has 9 nitrogen and oxygen atoms in total. The van der Waals surface area contributed by atoms with E-state index in [2.05, 4.69) is 38.2 Å². The first-order chi connectivity index (χ1) is 24.3. The normalized spacial score (nSPS) is 13.6. The summed E-state index contributed by atoms with van der Waals surface area (Å²) in [5.74, 6) is -0.846. The summed E-state index contributed by atoms with van der Waals surface area (Å²) in [4.78, 5) is 34.8. The molecule has 0 aromatic heterocycles. The Labute approximate surface area is 306 Å². The van der Waals surface area contributed by atoms with Crippen LogP contribution in [0.3, 0.4) is 0 Å². The van der Waals surface area contributed by atoms with Gasteiger partial charge < -0.3 is 20.1 Å². The van der Waals surface area contributed by atoms with Gasteiger partial charge in [-0.1, -0.05) is 134 Å². The summed E-state index contributed by atoms with van der Waals surface area (Å²) in [6.45, 7) is 3.70. The van der Waals surface area contributed by atoms with Crippen LogP contribution in [0.15, 0.2) is 24.3 Å². The molecule has 10 heteroatoms. The minimum atomic E-state index is -4.37. The molecule has 0 amide bonds. The number of carbonyl (C=O) groups excluding carboxylic acids is 2. The summed E-state index contributed by atoms with van der Waals surface area (Å²) in [5.41, 5.74) is 5.33. The third-order valence-electron chi connectivity index (χ3n) is 8.56. The summed E-state index contributed by atoms with van der Waals surface area (Å²) >= 11 is 0. The maximum atomic E-state index is 12.5. The Morgan fingerprint density at radius 2 is 0.980 bits per heavy atom. The van der Waals surface area contributed by atoms with Crippen LogP contribution in [0.5, 0.6) is 0 Å². The zero-order chi connectivity index (χ0) is 36.8. The van der Waals surface area contributed by atoms with Gasteiger partial charge in [0, 0.05) is 19.4 Å². The van der Waals surface area contributed by atoms with Gasteiger partial charge in [0.25, 0.3) is 0 Å². The van der Waals surface area contributed by atoms with Crippen LogP contribution < -0.4 is 5.73 Å². The Morgan fingerprint density at radius 1 is 0.580 bits per heavy atom. The zero-order valence-electron chi connectivity index (χ0n) is 32.1. The molecule has 0 spiro atoms. The Morgan fingerprint density at radius 3 is 1.42 bits per heavy atom. The van der Waals surface area contributed by atoms with E-state index in [4.69, 9.17) is 24.3 Å². The van der Waals surface area contributed by atoms with Crippen LogP contribution in [0.2, 0.25) is 0 Å². The largest absolute Gasteiger partial charge is 0.472 e. The third-order valence-corrected chi connectivity index (χ3v) is 9.54. The van der Waals surface area contributed by atoms with Gasteiger partial charge in [0.05, 0.1) is 13.2 Å². The number of carbonyl (C=O) groups is 2. The molecule has 0 fully saturated rings. The van der Waals surface area contributed by atoms with E-state index in [1.54, 1.807) is 0 Å². The van der Waals surface area contributed by atoms with E-state index in [-0.39, 0.29) is 32.6 Å². The first-order valence-electron chi connectivity index (χ1n) is 20.3. The monoisotopic (exact) mass is 730 g/mol. The summed E-state index contributed by atoms with van der Waals surface area (Å²) in [6, 6.07) is 0. The Kier molecular flexibility index (Phi) is 36.1. The molecule has 0 aliphatic carbocycles. The van der Waals surface area contributed by atoms with E-state index in [0.29, 0.717) is 6.42 Å². The van der Waals surface area contributed by atoms with Gasteiger partial charge in [-0.15, -0.1) is 0 Å². The second-order valence-electron chi connectivity index (χ2n) is 13.5. The molecule has 0 bridgehead atoms. The highest BCUT2D eigenvalue weighted by atomic mass is 31.2. The first kappa shape index (κ1) is 48.5. The topological polar surface area (TPSA) is 134 Å². The van der Waals surface area contributed by atoms with Crippen molar-refractivity contribution in [2.24, 2.45) is 5.73 Å². The van der Waals surface area contributed by atoms with E-state index in [1.807, 2.05) is 0 Å². The van der Waals surface area contributed by atoms with Gasteiger partial charge in [0.15, 0.2) is 6.10 Å². The lowest BCUT2D eigenvalue weighted by Crippen LogP contribution is -2.29. The summed E-state index contributed by atoms with van der Waals surface area (Å²) in [5, 5.41) is 0. The van der Waals surface area contributed by atoms with E-state index >= 15 is 0 Å². The molecular weight excluding hydrogens is 653 g/mol. The molecule has 294 valence electrons. The predicted molar refractivity (Wildman–Crippen MR) is 206 cm³/mol. The molecule has 0 radical (unpaired) electrons. The quantitative estimate of drug-likeness (QED) is 0.0275. The van der Waals surface area contributed by atoms with Crippen molar-refractivity contribution in [2.75, 3.05) is 26.4 Å². The fraction of sp³-hybridized carbons (Fsp3) is 0.850. The number of esters is 2. The number of phosphoric acid groups is 1. The number of ether oxygens (including phenoxy) is 2. The van der Waals surface area contributed by atoms with Gasteiger partial charge >= 0.3 is 19.8 Å². The number of unbranched alkanes of at least 4 members (excludes halogenated alkanes) is 21. The van der Waals surface area contributed by atoms with Crippen molar-refractivity contribution in [1.29, 1.82) is 0 Å². The number of allylic oxidation sites excluding steroid dienone is 4. The van der Waals surface area contributed by atoms with Crippen LogP contribution in [-0.2, 0) is 32.7 Å². The smallest absolute Gasteiger partial charge is 0.462 e. The minimum absolute atomic E-state index is 0.0518. The lowest BCUT2D eigenvalue weighted by Gasteiger charge is -2.19. The lowest BCUT2D eigenvalue weighted by molar-refractivity contribution is -0.161. The van der Waals surface area contributed by atoms with E-state index < -0.39 is 32.5 Å². The van der Waals surface area contributed by atoms with Crippen molar-refractivity contribution in [2.45, 2.75) is 193 Å². The molecule has 0 heterocycles. The van der Waals surface area contributed by atoms with Crippen LogP contribution in [0.25, 0.3) is 0 Å². The van der Waals surface area contributed by atoms with Gasteiger partial charge in [0.2, 0.25) is 0 Å². The number of hydrogen-bond acceptors (Lipinski definition) is 8. The fourth-order valence-corrected chi connectivity index (χ4v) is 6.27. The Bertz CT molecular complexity index is 881. The average molecular weight is 730 g/mol. The minimum Gasteiger partial charge on any atom is -0.462 e. The van der Waals surface area contributed by atoms with Crippen molar-refractivity contribution in [3.8, 4) is 0 Å². The molecule has 3 N–H and O–H groups in total. The van der Waals surface area contributed by atoms with Gasteiger partial charge in [-0.2, -0.15) is 0 Å². The first-order valence-corrected chi connectivity index (χ1v) is 21.8. The highest BCUT2D eigenvalue weighted by Gasteiger charge is 2.25. The van der Waals surface area contributed by atoms with Crippen LogP contribution in [0, 0.1) is 0 Å². The maximum absolute atomic E-state index is 12.5. The van der Waals surface area contributed by atoms with Crippen molar-refractivity contribution in [1.82, 2.24) is 0 Å². The second kappa shape index (κ2) is 37.3. The summed E-state index contributed by atoms with van der Waals surface area (Å²) in [7, 11) is -4.37. The third kappa shape index (κ3) is 36.3. The van der Waals surface area contributed by atoms with Crippen molar-refractivity contribution < 1.29 is 37.6 Å². The number of phosphoric ester groups is 1. The van der Waals surface area contributed by atoms with Gasteiger partial charge in [-0.3, -0.25) is 18.6 Å². The lowest BCUT2D eigenvalue weighted by atomic mass is 10.1. The molecule has 50 heavy (non-hydrogen) atoms. The SMILES string of the molecule is CCCCCCC/C=C\CCCCCCCC(=O)OCC(COP(=O)(O)OCCN)OC(=O)CCCCCCC/C=C\CCCCCCCC. The van der Waals surface area contributed by atoms with E-state index in [1.165, 1.54) is 83.5 Å². The molecule has 2 unspecified atom stereocenters. The van der Waals surface area contributed by atoms with Gasteiger partial charge in [0.1, 0.15) is 6.61 Å². The molecular formula is C40H76NO8P. The Hall–Kier alpha value is -1.51. The predicted octanol–water partition coefficient (Wildman–Crippen LogP) is 11.2. The molecule has 0 aromatic carbocycles. The summed E-state index contributed by atoms with van der Waals surface area (Å²) in [6.07, 6.45) is 37.7. The number of hydrogen-bond donors (Lipinski definition) is 2. The van der Waals surface area contributed by atoms with Crippen molar-refractivity contribution >= 4 is 19.8 Å². The highest BCUT2D eigenvalue weighted by Crippen LogP contribution is 2.43. The van der Waals surface area contributed by atoms with Crippen LogP contribution in [0.1, 0.15) is 187 Å². The molecule has 0 rings (SSSR count). The number of rotatable bonds is 38. The Balaban J connectivity index is 4.21. The van der Waals surface area contributed by atoms with Crippen molar-refractivity contribution in [3.63, 3.8) is 0 Å². The molecule has 2 atom stereocenters. The average Bonchev–Trinajstić information content (AvgIpc) is 3.10. The molecule has 0 saturated carbocycles. The summed E-state index contributed by atoms with van der Waals surface area (Å²) < 4.78 is 32.7. The van der Waals surface area contributed by atoms with E-state index in [0.717, 1.165) is 70.6 Å². The maximum Gasteiger partial charge on any atom is 0.472 e. The van der Waals surface area contributed by atoms with Gasteiger partial charge in [-0.25, -0.2) is 4.57 Å².